The highest BCUT2D eigenvalue weighted by Gasteiger charge is 2.31. The van der Waals surface area contributed by atoms with Crippen LogP contribution in [0.25, 0.3) is 11.1 Å². The van der Waals surface area contributed by atoms with E-state index in [1.54, 1.807) is 31.2 Å². The van der Waals surface area contributed by atoms with Gasteiger partial charge in [0.25, 0.3) is 0 Å². The smallest absolute Gasteiger partial charge is 0.489 e. The maximum atomic E-state index is 12.4. The van der Waals surface area contributed by atoms with Crippen molar-refractivity contribution in [1.82, 2.24) is 0 Å². The number of aliphatic hydroxyl groups is 1. The molecule has 0 aromatic heterocycles. The summed E-state index contributed by atoms with van der Waals surface area (Å²) in [6.07, 6.45) is -5.51. The van der Waals surface area contributed by atoms with Crippen molar-refractivity contribution in [2.75, 3.05) is 0 Å². The van der Waals surface area contributed by atoms with Crippen molar-refractivity contribution in [1.29, 1.82) is 0 Å². The number of rotatable bonds is 6. The van der Waals surface area contributed by atoms with Crippen LogP contribution in [0.4, 0.5) is 13.2 Å². The SMILES string of the molecule is CC(O)c1cc(-c2ccc(OC(F)(F)F)cc2)ccc1OCc1ccc(C(C)(C)C)cc1. The highest BCUT2D eigenvalue weighted by Crippen LogP contribution is 2.33. The van der Waals surface area contributed by atoms with Gasteiger partial charge in [0.05, 0.1) is 6.10 Å². The summed E-state index contributed by atoms with van der Waals surface area (Å²) < 4.78 is 46.9. The lowest BCUT2D eigenvalue weighted by Gasteiger charge is -2.19. The predicted molar refractivity (Wildman–Crippen MR) is 119 cm³/mol. The molecule has 0 saturated carbocycles. The van der Waals surface area contributed by atoms with Crippen molar-refractivity contribution in [2.45, 2.75) is 52.2 Å². The van der Waals surface area contributed by atoms with E-state index in [0.717, 1.165) is 11.1 Å². The Balaban J connectivity index is 1.76. The number of hydrogen-bond acceptors (Lipinski definition) is 3. The molecule has 1 N–H and O–H groups in total. The number of ether oxygens (including phenoxy) is 2. The molecule has 3 aromatic rings. The maximum Gasteiger partial charge on any atom is 0.573 e. The minimum absolute atomic E-state index is 0.0752. The summed E-state index contributed by atoms with van der Waals surface area (Å²) in [7, 11) is 0. The minimum atomic E-state index is -4.73. The summed E-state index contributed by atoms with van der Waals surface area (Å²) in [4.78, 5) is 0. The van der Waals surface area contributed by atoms with Crippen LogP contribution < -0.4 is 9.47 Å². The maximum absolute atomic E-state index is 12.4. The molecule has 0 bridgehead atoms. The molecule has 1 atom stereocenters. The van der Waals surface area contributed by atoms with Gasteiger partial charge in [0, 0.05) is 5.56 Å². The standard InChI is InChI=1S/C26H27F3O3/c1-17(30)23-15-20(19-7-12-22(13-8-19)32-26(27,28)29)9-14-24(23)31-16-18-5-10-21(11-6-18)25(2,3)4/h5-15,17,30H,16H2,1-4H3. The molecule has 1 unspecified atom stereocenters. The molecule has 32 heavy (non-hydrogen) atoms. The van der Waals surface area contributed by atoms with Crippen molar-refractivity contribution < 1.29 is 27.8 Å². The van der Waals surface area contributed by atoms with Crippen LogP contribution in [0.3, 0.4) is 0 Å². The topological polar surface area (TPSA) is 38.7 Å². The first-order chi connectivity index (χ1) is 14.9. The van der Waals surface area contributed by atoms with Gasteiger partial charge in [-0.05, 0) is 58.9 Å². The second-order valence-corrected chi connectivity index (χ2v) is 8.74. The zero-order valence-corrected chi connectivity index (χ0v) is 18.5. The average Bonchev–Trinajstić information content (AvgIpc) is 2.71. The molecule has 0 amide bonds. The molecule has 0 spiro atoms. The van der Waals surface area contributed by atoms with E-state index in [0.29, 0.717) is 23.5 Å². The van der Waals surface area contributed by atoms with Crippen LogP contribution in [-0.4, -0.2) is 11.5 Å². The molecule has 0 aliphatic heterocycles. The van der Waals surface area contributed by atoms with Crippen molar-refractivity contribution in [3.8, 4) is 22.6 Å². The summed E-state index contributed by atoms with van der Waals surface area (Å²) >= 11 is 0. The number of alkyl halides is 3. The third-order valence-electron chi connectivity index (χ3n) is 5.10. The van der Waals surface area contributed by atoms with Crippen LogP contribution in [0.2, 0.25) is 0 Å². The van der Waals surface area contributed by atoms with Crippen LogP contribution >= 0.6 is 0 Å². The molecule has 3 aromatic carbocycles. The summed E-state index contributed by atoms with van der Waals surface area (Å²) in [5.74, 6) is 0.273. The molecule has 0 saturated heterocycles. The van der Waals surface area contributed by atoms with E-state index in [2.05, 4.69) is 37.6 Å². The Morgan fingerprint density at radius 2 is 1.44 bits per heavy atom. The Bertz CT molecular complexity index is 1030. The predicted octanol–water partition coefficient (Wildman–Crippen LogP) is 7.18. The van der Waals surface area contributed by atoms with E-state index in [9.17, 15) is 18.3 Å². The van der Waals surface area contributed by atoms with Crippen LogP contribution in [-0.2, 0) is 12.0 Å². The number of halogens is 3. The lowest BCUT2D eigenvalue weighted by Crippen LogP contribution is -2.16. The zero-order valence-electron chi connectivity index (χ0n) is 18.5. The molecule has 0 heterocycles. The Labute approximate surface area is 186 Å². The summed E-state index contributed by atoms with van der Waals surface area (Å²) in [6.45, 7) is 8.47. The fourth-order valence-electron chi connectivity index (χ4n) is 3.30. The van der Waals surface area contributed by atoms with Crippen LogP contribution in [0.1, 0.15) is 50.5 Å². The van der Waals surface area contributed by atoms with Gasteiger partial charge >= 0.3 is 6.36 Å². The molecule has 170 valence electrons. The third kappa shape index (κ3) is 6.26. The van der Waals surface area contributed by atoms with Crippen LogP contribution in [0.5, 0.6) is 11.5 Å². The van der Waals surface area contributed by atoms with Crippen LogP contribution in [0.15, 0.2) is 66.7 Å². The number of hydrogen-bond donors (Lipinski definition) is 1. The van der Waals surface area contributed by atoms with Gasteiger partial charge < -0.3 is 14.6 Å². The Hall–Kier alpha value is -2.99. The summed E-state index contributed by atoms with van der Waals surface area (Å²) in [5.41, 5.74) is 4.38. The molecule has 0 aliphatic carbocycles. The summed E-state index contributed by atoms with van der Waals surface area (Å²) in [6, 6.07) is 19.2. The lowest BCUT2D eigenvalue weighted by atomic mass is 9.87. The van der Waals surface area contributed by atoms with Crippen molar-refractivity contribution in [2.24, 2.45) is 0 Å². The first-order valence-corrected chi connectivity index (χ1v) is 10.3. The van der Waals surface area contributed by atoms with Crippen molar-refractivity contribution in [3.05, 3.63) is 83.4 Å². The van der Waals surface area contributed by atoms with Gasteiger partial charge in [-0.3, -0.25) is 0 Å². The molecule has 6 heteroatoms. The molecule has 0 fully saturated rings. The highest BCUT2D eigenvalue weighted by molar-refractivity contribution is 5.66. The molecule has 0 radical (unpaired) electrons. The van der Waals surface area contributed by atoms with E-state index in [4.69, 9.17) is 4.74 Å². The quantitative estimate of drug-likeness (QED) is 0.438. The fourth-order valence-corrected chi connectivity index (χ4v) is 3.30. The second kappa shape index (κ2) is 9.25. The van der Waals surface area contributed by atoms with Gasteiger partial charge in [-0.15, -0.1) is 13.2 Å². The zero-order chi connectivity index (χ0) is 23.5. The fraction of sp³-hybridized carbons (Fsp3) is 0.308. The Morgan fingerprint density at radius 1 is 0.844 bits per heavy atom. The monoisotopic (exact) mass is 444 g/mol. The van der Waals surface area contributed by atoms with E-state index < -0.39 is 12.5 Å². The minimum Gasteiger partial charge on any atom is -0.489 e. The number of aliphatic hydroxyl groups excluding tert-OH is 1. The van der Waals surface area contributed by atoms with Crippen molar-refractivity contribution >= 4 is 0 Å². The molecule has 3 rings (SSSR count). The highest BCUT2D eigenvalue weighted by atomic mass is 19.4. The number of benzene rings is 3. The van der Waals surface area contributed by atoms with Gasteiger partial charge in [-0.2, -0.15) is 0 Å². The van der Waals surface area contributed by atoms with E-state index >= 15 is 0 Å². The Morgan fingerprint density at radius 3 is 1.97 bits per heavy atom. The molecule has 0 aliphatic rings. The van der Waals surface area contributed by atoms with E-state index in [-0.39, 0.29) is 11.2 Å². The normalized spacial score (nSPS) is 13.0. The summed E-state index contributed by atoms with van der Waals surface area (Å²) in [5, 5.41) is 10.2. The second-order valence-electron chi connectivity index (χ2n) is 8.74. The van der Waals surface area contributed by atoms with E-state index in [1.807, 2.05) is 18.2 Å². The van der Waals surface area contributed by atoms with Gasteiger partial charge in [-0.25, -0.2) is 0 Å². The molecular formula is C26H27F3O3. The largest absolute Gasteiger partial charge is 0.573 e. The van der Waals surface area contributed by atoms with Gasteiger partial charge in [-0.1, -0.05) is 63.2 Å². The lowest BCUT2D eigenvalue weighted by molar-refractivity contribution is -0.274. The van der Waals surface area contributed by atoms with Crippen molar-refractivity contribution in [3.63, 3.8) is 0 Å². The van der Waals surface area contributed by atoms with E-state index in [1.165, 1.54) is 17.7 Å². The molecular weight excluding hydrogens is 417 g/mol. The average molecular weight is 444 g/mol. The van der Waals surface area contributed by atoms with Crippen LogP contribution in [0, 0.1) is 0 Å². The Kier molecular flexibility index (Phi) is 6.84. The first-order valence-electron chi connectivity index (χ1n) is 10.3. The first kappa shape index (κ1) is 23.7. The molecule has 3 nitrogen and oxygen atoms in total. The third-order valence-corrected chi connectivity index (χ3v) is 5.10. The van der Waals surface area contributed by atoms with Gasteiger partial charge in [0.1, 0.15) is 18.1 Å². The van der Waals surface area contributed by atoms with Gasteiger partial charge in [0.15, 0.2) is 0 Å². The van der Waals surface area contributed by atoms with Gasteiger partial charge in [0.2, 0.25) is 0 Å².